The first-order chi connectivity index (χ1) is 6.66. The average molecular weight is 226 g/mol. The Morgan fingerprint density at radius 1 is 1.27 bits per heavy atom. The van der Waals surface area contributed by atoms with E-state index < -0.39 is 24.1 Å². The predicted octanol–water partition coefficient (Wildman–Crippen LogP) is 2.55. The van der Waals surface area contributed by atoms with Gasteiger partial charge in [0.2, 0.25) is 0 Å². The summed E-state index contributed by atoms with van der Waals surface area (Å²) in [5.74, 6) is -2.38. The van der Waals surface area contributed by atoms with Gasteiger partial charge in [0, 0.05) is 5.92 Å². The van der Waals surface area contributed by atoms with Gasteiger partial charge >= 0.3 is 6.18 Å². The highest BCUT2D eigenvalue weighted by Gasteiger charge is 2.36. The molecule has 0 saturated heterocycles. The van der Waals surface area contributed by atoms with Gasteiger partial charge in [-0.05, 0) is 26.7 Å². The summed E-state index contributed by atoms with van der Waals surface area (Å²) < 4.78 is 36.5. The molecule has 0 heterocycles. The number of carbonyl (C=O) groups excluding carboxylic acids is 1. The molecule has 0 aliphatic carbocycles. The Morgan fingerprint density at radius 3 is 2.00 bits per heavy atom. The van der Waals surface area contributed by atoms with E-state index in [1.165, 1.54) is 13.8 Å². The Bertz CT molecular complexity index is 211. The maximum Gasteiger partial charge on any atom is 0.391 e. The van der Waals surface area contributed by atoms with Gasteiger partial charge in [-0.25, -0.2) is 0 Å². The summed E-state index contributed by atoms with van der Waals surface area (Å²) in [5.41, 5.74) is 0. The SMILES string of the molecule is CC(=O)C(CCC(C)C(F)(F)F)C(C)O. The predicted molar refractivity (Wildman–Crippen MR) is 50.3 cm³/mol. The average Bonchev–Trinajstić information content (AvgIpc) is 2.00. The van der Waals surface area contributed by atoms with Gasteiger partial charge in [0.05, 0.1) is 12.0 Å². The van der Waals surface area contributed by atoms with E-state index in [1.54, 1.807) is 0 Å². The summed E-state index contributed by atoms with van der Waals surface area (Å²) >= 11 is 0. The second-order valence-corrected chi connectivity index (χ2v) is 3.98. The Kier molecular flexibility index (Phi) is 5.28. The van der Waals surface area contributed by atoms with E-state index in [-0.39, 0.29) is 18.6 Å². The first-order valence-corrected chi connectivity index (χ1v) is 4.91. The zero-order valence-electron chi connectivity index (χ0n) is 9.14. The van der Waals surface area contributed by atoms with Crippen LogP contribution >= 0.6 is 0 Å². The Balaban J connectivity index is 4.18. The van der Waals surface area contributed by atoms with E-state index in [0.717, 1.165) is 6.92 Å². The van der Waals surface area contributed by atoms with Crippen molar-refractivity contribution in [3.63, 3.8) is 0 Å². The molecule has 0 aromatic rings. The van der Waals surface area contributed by atoms with Gasteiger partial charge < -0.3 is 5.11 Å². The standard InChI is InChI=1S/C10H17F3O2/c1-6(10(11,12)13)4-5-9(7(2)14)8(3)15/h6-7,9,14H,4-5H2,1-3H3. The Morgan fingerprint density at radius 2 is 1.73 bits per heavy atom. The zero-order valence-corrected chi connectivity index (χ0v) is 9.14. The van der Waals surface area contributed by atoms with Crippen molar-refractivity contribution in [2.24, 2.45) is 11.8 Å². The number of alkyl halides is 3. The van der Waals surface area contributed by atoms with Crippen LogP contribution < -0.4 is 0 Å². The van der Waals surface area contributed by atoms with Crippen LogP contribution in [0.3, 0.4) is 0 Å². The summed E-state index contributed by atoms with van der Waals surface area (Å²) in [6, 6.07) is 0. The normalized spacial score (nSPS) is 18.3. The summed E-state index contributed by atoms with van der Waals surface area (Å²) in [6.07, 6.45) is -5.16. The fourth-order valence-electron chi connectivity index (χ4n) is 1.38. The fourth-order valence-corrected chi connectivity index (χ4v) is 1.38. The molecule has 5 heteroatoms. The van der Waals surface area contributed by atoms with E-state index in [9.17, 15) is 23.1 Å². The van der Waals surface area contributed by atoms with Crippen LogP contribution in [0.1, 0.15) is 33.6 Å². The highest BCUT2D eigenvalue weighted by atomic mass is 19.4. The maximum absolute atomic E-state index is 12.2. The summed E-state index contributed by atoms with van der Waals surface area (Å²) in [5, 5.41) is 9.20. The number of carbonyl (C=O) groups is 1. The van der Waals surface area contributed by atoms with E-state index in [1.807, 2.05) is 0 Å². The lowest BCUT2D eigenvalue weighted by Crippen LogP contribution is -2.27. The fraction of sp³-hybridized carbons (Fsp3) is 0.900. The molecular weight excluding hydrogens is 209 g/mol. The molecule has 0 aromatic carbocycles. The van der Waals surface area contributed by atoms with Crippen LogP contribution in [-0.2, 0) is 4.79 Å². The van der Waals surface area contributed by atoms with Crippen molar-refractivity contribution in [2.75, 3.05) is 0 Å². The molecule has 0 aliphatic rings. The molecule has 15 heavy (non-hydrogen) atoms. The van der Waals surface area contributed by atoms with E-state index in [2.05, 4.69) is 0 Å². The minimum atomic E-state index is -4.22. The maximum atomic E-state index is 12.2. The van der Waals surface area contributed by atoms with Crippen LogP contribution in [0.2, 0.25) is 0 Å². The van der Waals surface area contributed by atoms with E-state index in [4.69, 9.17) is 0 Å². The van der Waals surface area contributed by atoms with Crippen molar-refractivity contribution in [3.8, 4) is 0 Å². The number of hydrogen-bond donors (Lipinski definition) is 1. The molecular formula is C10H17F3O2. The molecule has 3 unspecified atom stereocenters. The molecule has 0 aromatic heterocycles. The molecule has 2 nitrogen and oxygen atoms in total. The lowest BCUT2D eigenvalue weighted by molar-refractivity contribution is -0.172. The first-order valence-electron chi connectivity index (χ1n) is 4.91. The molecule has 90 valence electrons. The molecule has 0 bridgehead atoms. The van der Waals surface area contributed by atoms with Gasteiger partial charge in [-0.1, -0.05) is 6.92 Å². The van der Waals surface area contributed by atoms with E-state index >= 15 is 0 Å². The van der Waals surface area contributed by atoms with Crippen molar-refractivity contribution in [1.82, 2.24) is 0 Å². The van der Waals surface area contributed by atoms with Crippen molar-refractivity contribution in [3.05, 3.63) is 0 Å². The van der Waals surface area contributed by atoms with Crippen molar-refractivity contribution >= 4 is 5.78 Å². The third-order valence-electron chi connectivity index (χ3n) is 2.57. The summed E-state index contributed by atoms with van der Waals surface area (Å²) in [6.45, 7) is 3.79. The number of ketones is 1. The molecule has 0 amide bonds. The smallest absolute Gasteiger partial charge is 0.391 e. The molecule has 0 saturated carbocycles. The molecule has 0 fully saturated rings. The minimum Gasteiger partial charge on any atom is -0.393 e. The van der Waals surface area contributed by atoms with Gasteiger partial charge in [0.1, 0.15) is 5.78 Å². The van der Waals surface area contributed by atoms with Gasteiger partial charge in [-0.15, -0.1) is 0 Å². The van der Waals surface area contributed by atoms with Crippen LogP contribution in [0, 0.1) is 11.8 Å². The van der Waals surface area contributed by atoms with Crippen molar-refractivity contribution < 1.29 is 23.1 Å². The van der Waals surface area contributed by atoms with Crippen LogP contribution in [-0.4, -0.2) is 23.2 Å². The second-order valence-electron chi connectivity index (χ2n) is 3.98. The topological polar surface area (TPSA) is 37.3 Å². The van der Waals surface area contributed by atoms with Gasteiger partial charge in [0.15, 0.2) is 0 Å². The van der Waals surface area contributed by atoms with Crippen LogP contribution in [0.15, 0.2) is 0 Å². The van der Waals surface area contributed by atoms with Crippen LogP contribution in [0.5, 0.6) is 0 Å². The lowest BCUT2D eigenvalue weighted by Gasteiger charge is -2.20. The third-order valence-corrected chi connectivity index (χ3v) is 2.57. The number of rotatable bonds is 5. The van der Waals surface area contributed by atoms with Crippen molar-refractivity contribution in [1.29, 1.82) is 0 Å². The quantitative estimate of drug-likeness (QED) is 0.782. The second kappa shape index (κ2) is 5.49. The number of aliphatic hydroxyl groups is 1. The lowest BCUT2D eigenvalue weighted by atomic mass is 9.90. The monoisotopic (exact) mass is 226 g/mol. The number of hydrogen-bond acceptors (Lipinski definition) is 2. The van der Waals surface area contributed by atoms with Crippen molar-refractivity contribution in [2.45, 2.75) is 45.9 Å². The number of Topliss-reactive ketones (excluding diaryl/α,β-unsaturated/α-hetero) is 1. The largest absolute Gasteiger partial charge is 0.393 e. The van der Waals surface area contributed by atoms with Crippen LogP contribution in [0.25, 0.3) is 0 Å². The number of halogens is 3. The Labute approximate surface area is 87.5 Å². The Hall–Kier alpha value is -0.580. The highest BCUT2D eigenvalue weighted by molar-refractivity contribution is 5.78. The van der Waals surface area contributed by atoms with E-state index in [0.29, 0.717) is 0 Å². The highest BCUT2D eigenvalue weighted by Crippen LogP contribution is 2.30. The molecule has 0 radical (unpaired) electrons. The molecule has 1 N–H and O–H groups in total. The summed E-state index contributed by atoms with van der Waals surface area (Å²) in [4.78, 5) is 11.0. The van der Waals surface area contributed by atoms with Gasteiger partial charge in [-0.2, -0.15) is 13.2 Å². The molecule has 0 spiro atoms. The van der Waals surface area contributed by atoms with Gasteiger partial charge in [0.25, 0.3) is 0 Å². The number of aliphatic hydroxyl groups excluding tert-OH is 1. The first kappa shape index (κ1) is 14.4. The molecule has 0 aliphatic heterocycles. The third kappa shape index (κ3) is 5.16. The van der Waals surface area contributed by atoms with Gasteiger partial charge in [-0.3, -0.25) is 4.79 Å². The molecule has 0 rings (SSSR count). The zero-order chi connectivity index (χ0) is 12.2. The summed E-state index contributed by atoms with van der Waals surface area (Å²) in [7, 11) is 0. The van der Waals surface area contributed by atoms with Crippen LogP contribution in [0.4, 0.5) is 13.2 Å². The molecule has 3 atom stereocenters. The minimum absolute atomic E-state index is 0.0771.